The number of nitrogens with one attached hydrogen (secondary N) is 2. The third-order valence-corrected chi connectivity index (χ3v) is 5.98. The summed E-state index contributed by atoms with van der Waals surface area (Å²) in [5.74, 6) is 2.38. The molecule has 4 aromatic rings. The Morgan fingerprint density at radius 2 is 2.00 bits per heavy atom. The second-order valence-electron chi connectivity index (χ2n) is 9.35. The van der Waals surface area contributed by atoms with E-state index >= 15 is 0 Å². The van der Waals surface area contributed by atoms with Gasteiger partial charge in [-0.15, -0.1) is 0 Å². The highest BCUT2D eigenvalue weighted by molar-refractivity contribution is 6.01. The van der Waals surface area contributed by atoms with Crippen molar-refractivity contribution in [2.75, 3.05) is 11.1 Å². The van der Waals surface area contributed by atoms with Gasteiger partial charge in [0.25, 0.3) is 5.89 Å². The number of anilines is 2. The van der Waals surface area contributed by atoms with Crippen LogP contribution in [0, 0.1) is 12.8 Å². The van der Waals surface area contributed by atoms with E-state index in [1.165, 1.54) is 12.8 Å². The molecule has 0 aliphatic heterocycles. The smallest absolute Gasteiger partial charge is 0.319 e. The van der Waals surface area contributed by atoms with Gasteiger partial charge in [-0.2, -0.15) is 4.98 Å². The maximum atomic E-state index is 12.0. The quantitative estimate of drug-likeness (QED) is 0.327. The van der Waals surface area contributed by atoms with Crippen molar-refractivity contribution in [2.45, 2.75) is 52.8 Å². The van der Waals surface area contributed by atoms with Crippen LogP contribution >= 0.6 is 0 Å². The van der Waals surface area contributed by atoms with Gasteiger partial charge in [-0.05, 0) is 63.8 Å². The van der Waals surface area contributed by atoms with Crippen molar-refractivity contribution in [1.82, 2.24) is 20.0 Å². The standard InChI is InChI=1S/C26H30N6O3/c1-15(2)28-26(33)30-19-8-6-18(7-9-19)25-24(27)21-11-10-20(34-14-23-29-16(3)31-35-23)12-22(21)32(25)13-17-4-5-17/h6-12,15,17H,4-5,13-14,27H2,1-3H3,(H2,28,30,33). The average molecular weight is 475 g/mol. The van der Waals surface area contributed by atoms with E-state index < -0.39 is 0 Å². The largest absolute Gasteiger partial charge is 0.484 e. The summed E-state index contributed by atoms with van der Waals surface area (Å²) >= 11 is 0. The summed E-state index contributed by atoms with van der Waals surface area (Å²) in [4.78, 5) is 16.2. The van der Waals surface area contributed by atoms with E-state index in [1.54, 1.807) is 6.92 Å². The van der Waals surface area contributed by atoms with Crippen LogP contribution in [0.3, 0.4) is 0 Å². The number of amides is 2. The molecule has 1 aliphatic carbocycles. The Bertz CT molecular complexity index is 1350. The van der Waals surface area contributed by atoms with Crippen molar-refractivity contribution in [3.05, 3.63) is 54.2 Å². The lowest BCUT2D eigenvalue weighted by Gasteiger charge is -2.13. The number of ether oxygens (including phenoxy) is 1. The minimum Gasteiger partial charge on any atom is -0.484 e. The molecule has 0 atom stereocenters. The molecule has 9 heteroatoms. The number of aryl methyl sites for hydroxylation is 1. The number of hydrogen-bond acceptors (Lipinski definition) is 6. The monoisotopic (exact) mass is 474 g/mol. The second-order valence-corrected chi connectivity index (χ2v) is 9.35. The molecule has 0 radical (unpaired) electrons. The normalized spacial score (nSPS) is 13.4. The molecule has 0 spiro atoms. The SMILES string of the molecule is Cc1noc(COc2ccc3c(N)c(-c4ccc(NC(=O)NC(C)C)cc4)n(CC4CC4)c3c2)n1. The van der Waals surface area contributed by atoms with Gasteiger partial charge in [-0.3, -0.25) is 0 Å². The third-order valence-electron chi connectivity index (χ3n) is 5.98. The van der Waals surface area contributed by atoms with Gasteiger partial charge in [0.2, 0.25) is 0 Å². The summed E-state index contributed by atoms with van der Waals surface area (Å²) in [6, 6.07) is 13.6. The Balaban J connectivity index is 1.45. The summed E-state index contributed by atoms with van der Waals surface area (Å²) < 4.78 is 13.4. The maximum absolute atomic E-state index is 12.0. The van der Waals surface area contributed by atoms with Gasteiger partial charge in [0.05, 0.1) is 16.9 Å². The summed E-state index contributed by atoms with van der Waals surface area (Å²) in [5.41, 5.74) is 11.2. The fourth-order valence-electron chi connectivity index (χ4n) is 4.19. The van der Waals surface area contributed by atoms with Crippen molar-refractivity contribution in [2.24, 2.45) is 5.92 Å². The van der Waals surface area contributed by atoms with Crippen LogP contribution in [0.5, 0.6) is 5.75 Å². The highest BCUT2D eigenvalue weighted by atomic mass is 16.5. The topological polar surface area (TPSA) is 120 Å². The van der Waals surface area contributed by atoms with Crippen molar-refractivity contribution in [3.8, 4) is 17.0 Å². The molecule has 2 aromatic heterocycles. The molecule has 2 heterocycles. The Kier molecular flexibility index (Phi) is 6.07. The lowest BCUT2D eigenvalue weighted by molar-refractivity contribution is 0.243. The lowest BCUT2D eigenvalue weighted by atomic mass is 10.1. The molecule has 182 valence electrons. The molecule has 35 heavy (non-hydrogen) atoms. The van der Waals surface area contributed by atoms with Crippen LogP contribution in [-0.4, -0.2) is 26.8 Å². The number of nitrogen functional groups attached to an aromatic ring is 1. The van der Waals surface area contributed by atoms with Gasteiger partial charge in [0.1, 0.15) is 5.75 Å². The van der Waals surface area contributed by atoms with Crippen molar-refractivity contribution >= 4 is 28.3 Å². The number of benzene rings is 2. The van der Waals surface area contributed by atoms with Gasteiger partial charge >= 0.3 is 6.03 Å². The summed E-state index contributed by atoms with van der Waals surface area (Å²) in [5, 5.41) is 10.5. The van der Waals surface area contributed by atoms with Gasteiger partial charge in [-0.1, -0.05) is 17.3 Å². The van der Waals surface area contributed by atoms with Crippen LogP contribution in [0.25, 0.3) is 22.2 Å². The molecule has 0 saturated heterocycles. The fraction of sp³-hybridized carbons (Fsp3) is 0.346. The van der Waals surface area contributed by atoms with Crippen LogP contribution in [-0.2, 0) is 13.2 Å². The van der Waals surface area contributed by atoms with Gasteiger partial charge in [0.15, 0.2) is 12.4 Å². The number of hydrogen-bond donors (Lipinski definition) is 3. The first-order chi connectivity index (χ1) is 16.9. The van der Waals surface area contributed by atoms with E-state index in [9.17, 15) is 4.79 Å². The molecular formula is C26H30N6O3. The van der Waals surface area contributed by atoms with Crippen LogP contribution in [0.1, 0.15) is 38.4 Å². The number of nitrogens with two attached hydrogens (primary N) is 1. The Hall–Kier alpha value is -4.01. The van der Waals surface area contributed by atoms with E-state index in [2.05, 4.69) is 25.3 Å². The van der Waals surface area contributed by atoms with E-state index in [1.807, 2.05) is 56.3 Å². The van der Waals surface area contributed by atoms with Crippen LogP contribution in [0.4, 0.5) is 16.2 Å². The Morgan fingerprint density at radius 1 is 1.23 bits per heavy atom. The number of carbonyl (C=O) groups excluding carboxylic acids is 1. The molecule has 9 nitrogen and oxygen atoms in total. The predicted molar refractivity (Wildman–Crippen MR) is 135 cm³/mol. The number of aromatic nitrogens is 3. The highest BCUT2D eigenvalue weighted by Crippen LogP contribution is 2.41. The fourth-order valence-corrected chi connectivity index (χ4v) is 4.19. The average Bonchev–Trinajstić information content (AvgIpc) is 3.48. The molecule has 0 bridgehead atoms. The number of rotatable bonds is 8. The summed E-state index contributed by atoms with van der Waals surface area (Å²) in [7, 11) is 0. The van der Waals surface area contributed by atoms with Crippen molar-refractivity contribution < 1.29 is 14.1 Å². The molecule has 2 aromatic carbocycles. The van der Waals surface area contributed by atoms with Gasteiger partial charge < -0.3 is 30.2 Å². The van der Waals surface area contributed by atoms with E-state index in [0.29, 0.717) is 23.4 Å². The first kappa shape index (κ1) is 22.8. The van der Waals surface area contributed by atoms with E-state index in [-0.39, 0.29) is 18.7 Å². The Morgan fingerprint density at radius 3 is 2.66 bits per heavy atom. The van der Waals surface area contributed by atoms with Gasteiger partial charge in [-0.25, -0.2) is 4.79 Å². The molecule has 1 saturated carbocycles. The van der Waals surface area contributed by atoms with E-state index in [0.717, 1.165) is 40.1 Å². The molecular weight excluding hydrogens is 444 g/mol. The summed E-state index contributed by atoms with van der Waals surface area (Å²) in [6.45, 7) is 6.72. The number of nitrogens with zero attached hydrogens (tertiary/aromatic N) is 3. The minimum atomic E-state index is -0.224. The lowest BCUT2D eigenvalue weighted by Crippen LogP contribution is -2.34. The van der Waals surface area contributed by atoms with Crippen molar-refractivity contribution in [1.29, 1.82) is 0 Å². The highest BCUT2D eigenvalue weighted by Gasteiger charge is 2.26. The number of urea groups is 1. The minimum absolute atomic E-state index is 0.0669. The third kappa shape index (κ3) is 5.08. The molecule has 1 aliphatic rings. The zero-order chi connectivity index (χ0) is 24.5. The number of fused-ring (bicyclic) bond motifs is 1. The van der Waals surface area contributed by atoms with Crippen LogP contribution in [0.2, 0.25) is 0 Å². The molecule has 1 fully saturated rings. The number of carbonyl (C=O) groups is 1. The first-order valence-electron chi connectivity index (χ1n) is 11.9. The second kappa shape index (κ2) is 9.32. The van der Waals surface area contributed by atoms with Crippen LogP contribution in [0.15, 0.2) is 47.0 Å². The summed E-state index contributed by atoms with van der Waals surface area (Å²) in [6.07, 6.45) is 2.44. The van der Waals surface area contributed by atoms with Gasteiger partial charge in [0, 0.05) is 35.3 Å². The molecule has 2 amide bonds. The van der Waals surface area contributed by atoms with Crippen LogP contribution < -0.4 is 21.1 Å². The molecule has 4 N–H and O–H groups in total. The predicted octanol–water partition coefficient (Wildman–Crippen LogP) is 5.10. The zero-order valence-corrected chi connectivity index (χ0v) is 20.2. The zero-order valence-electron chi connectivity index (χ0n) is 20.2. The molecule has 0 unspecified atom stereocenters. The Labute approximate surface area is 203 Å². The van der Waals surface area contributed by atoms with Crippen molar-refractivity contribution in [3.63, 3.8) is 0 Å². The molecule has 5 rings (SSSR count). The van der Waals surface area contributed by atoms with E-state index in [4.69, 9.17) is 15.0 Å². The first-order valence-corrected chi connectivity index (χ1v) is 11.9. The maximum Gasteiger partial charge on any atom is 0.319 e.